The SMILES string of the molecule is CCCCOc1cccc2c(/C=C3\NNC(=O)C3(C)C)cccc12. The summed E-state index contributed by atoms with van der Waals surface area (Å²) in [5.74, 6) is 0.895. The van der Waals surface area contributed by atoms with Crippen molar-refractivity contribution in [3.05, 3.63) is 47.7 Å². The summed E-state index contributed by atoms with van der Waals surface area (Å²) in [6, 6.07) is 12.3. The molecule has 1 aliphatic heterocycles. The third kappa shape index (κ3) is 2.96. The van der Waals surface area contributed by atoms with E-state index in [0.29, 0.717) is 0 Å². The first-order chi connectivity index (χ1) is 11.5. The number of benzene rings is 2. The van der Waals surface area contributed by atoms with Crippen molar-refractivity contribution < 1.29 is 9.53 Å². The van der Waals surface area contributed by atoms with E-state index in [4.69, 9.17) is 4.74 Å². The molecule has 0 radical (unpaired) electrons. The second-order valence-electron chi connectivity index (χ2n) is 6.66. The van der Waals surface area contributed by atoms with Crippen LogP contribution in [-0.2, 0) is 4.79 Å². The van der Waals surface area contributed by atoms with E-state index < -0.39 is 5.41 Å². The van der Waals surface area contributed by atoms with Crippen molar-refractivity contribution in [3.63, 3.8) is 0 Å². The number of hydrogen-bond donors (Lipinski definition) is 2. The Kier molecular flexibility index (Phi) is 4.47. The first kappa shape index (κ1) is 16.4. The number of hydrazine groups is 1. The predicted molar refractivity (Wildman–Crippen MR) is 97.4 cm³/mol. The molecule has 24 heavy (non-hydrogen) atoms. The molecule has 2 N–H and O–H groups in total. The van der Waals surface area contributed by atoms with E-state index in [1.54, 1.807) is 0 Å². The summed E-state index contributed by atoms with van der Waals surface area (Å²) in [5, 5.41) is 2.22. The molecule has 1 saturated heterocycles. The average Bonchev–Trinajstić information content (AvgIpc) is 2.82. The summed E-state index contributed by atoms with van der Waals surface area (Å²) >= 11 is 0. The molecule has 0 bridgehead atoms. The van der Waals surface area contributed by atoms with Crippen molar-refractivity contribution in [2.75, 3.05) is 6.61 Å². The van der Waals surface area contributed by atoms with Crippen LogP contribution in [0.4, 0.5) is 0 Å². The number of carbonyl (C=O) groups is 1. The Morgan fingerprint density at radius 2 is 1.83 bits per heavy atom. The number of ether oxygens (including phenoxy) is 1. The average molecular weight is 324 g/mol. The molecule has 1 fully saturated rings. The van der Waals surface area contributed by atoms with Gasteiger partial charge in [0.05, 0.1) is 12.0 Å². The lowest BCUT2D eigenvalue weighted by Crippen LogP contribution is -2.28. The van der Waals surface area contributed by atoms with Gasteiger partial charge < -0.3 is 10.2 Å². The second-order valence-corrected chi connectivity index (χ2v) is 6.66. The third-order valence-corrected chi connectivity index (χ3v) is 4.52. The third-order valence-electron chi connectivity index (χ3n) is 4.52. The van der Waals surface area contributed by atoms with E-state index in [1.165, 1.54) is 0 Å². The largest absolute Gasteiger partial charge is 0.493 e. The van der Waals surface area contributed by atoms with Crippen LogP contribution in [0, 0.1) is 5.41 Å². The molecule has 1 aliphatic rings. The van der Waals surface area contributed by atoms with Crippen LogP contribution < -0.4 is 15.6 Å². The van der Waals surface area contributed by atoms with Crippen molar-refractivity contribution in [1.82, 2.24) is 10.9 Å². The summed E-state index contributed by atoms with van der Waals surface area (Å²) < 4.78 is 5.94. The highest BCUT2D eigenvalue weighted by Crippen LogP contribution is 2.33. The zero-order chi connectivity index (χ0) is 17.2. The molecule has 2 aromatic rings. The molecule has 1 amide bonds. The Bertz CT molecular complexity index is 793. The Morgan fingerprint density at radius 1 is 1.08 bits per heavy atom. The molecule has 0 unspecified atom stereocenters. The normalized spacial score (nSPS) is 17.8. The lowest BCUT2D eigenvalue weighted by Gasteiger charge is -2.15. The number of hydrogen-bond acceptors (Lipinski definition) is 3. The van der Waals surface area contributed by atoms with Gasteiger partial charge in [0, 0.05) is 11.1 Å². The number of fused-ring (bicyclic) bond motifs is 1. The summed E-state index contributed by atoms with van der Waals surface area (Å²) in [4.78, 5) is 11.9. The summed E-state index contributed by atoms with van der Waals surface area (Å²) in [5.41, 5.74) is 7.07. The Labute approximate surface area is 142 Å². The summed E-state index contributed by atoms with van der Waals surface area (Å²) in [6.07, 6.45) is 4.20. The smallest absolute Gasteiger partial charge is 0.249 e. The molecule has 0 saturated carbocycles. The minimum Gasteiger partial charge on any atom is -0.493 e. The molecule has 3 rings (SSSR count). The monoisotopic (exact) mass is 324 g/mol. The predicted octanol–water partition coefficient (Wildman–Crippen LogP) is 4.02. The van der Waals surface area contributed by atoms with Crippen LogP contribution in [-0.4, -0.2) is 12.5 Å². The first-order valence-corrected chi connectivity index (χ1v) is 8.47. The van der Waals surface area contributed by atoms with E-state index in [1.807, 2.05) is 38.1 Å². The zero-order valence-electron chi connectivity index (χ0n) is 14.5. The van der Waals surface area contributed by atoms with Gasteiger partial charge in [-0.2, -0.15) is 0 Å². The van der Waals surface area contributed by atoms with Crippen LogP contribution in [0.2, 0.25) is 0 Å². The quantitative estimate of drug-likeness (QED) is 0.817. The highest BCUT2D eigenvalue weighted by molar-refractivity contribution is 5.96. The van der Waals surface area contributed by atoms with Gasteiger partial charge >= 0.3 is 0 Å². The fourth-order valence-electron chi connectivity index (χ4n) is 2.81. The number of carbonyl (C=O) groups excluding carboxylic acids is 1. The van der Waals surface area contributed by atoms with E-state index in [-0.39, 0.29) is 5.91 Å². The molecular weight excluding hydrogens is 300 g/mol. The van der Waals surface area contributed by atoms with E-state index >= 15 is 0 Å². The number of amides is 1. The van der Waals surface area contributed by atoms with Crippen LogP contribution in [0.5, 0.6) is 5.75 Å². The van der Waals surface area contributed by atoms with Gasteiger partial charge in [0.15, 0.2) is 0 Å². The molecule has 1 heterocycles. The molecule has 4 heteroatoms. The maximum Gasteiger partial charge on any atom is 0.249 e. The van der Waals surface area contributed by atoms with Gasteiger partial charge in [-0.05, 0) is 43.4 Å². The molecule has 0 atom stereocenters. The van der Waals surface area contributed by atoms with E-state index in [9.17, 15) is 4.79 Å². The molecule has 2 aromatic carbocycles. The minimum absolute atomic E-state index is 0.0161. The Hall–Kier alpha value is -2.49. The van der Waals surface area contributed by atoms with Crippen molar-refractivity contribution >= 4 is 22.8 Å². The second kappa shape index (κ2) is 6.56. The summed E-state index contributed by atoms with van der Waals surface area (Å²) in [6.45, 7) is 6.72. The highest BCUT2D eigenvalue weighted by Gasteiger charge is 2.37. The zero-order valence-corrected chi connectivity index (χ0v) is 14.5. The van der Waals surface area contributed by atoms with Crippen molar-refractivity contribution in [1.29, 1.82) is 0 Å². The van der Waals surface area contributed by atoms with Gasteiger partial charge in [0.1, 0.15) is 5.75 Å². The lowest BCUT2D eigenvalue weighted by atomic mass is 9.88. The maximum absolute atomic E-state index is 11.9. The van der Waals surface area contributed by atoms with Crippen molar-refractivity contribution in [2.45, 2.75) is 33.6 Å². The van der Waals surface area contributed by atoms with E-state index in [0.717, 1.165) is 47.2 Å². The van der Waals surface area contributed by atoms with Gasteiger partial charge in [0.25, 0.3) is 0 Å². The number of nitrogens with one attached hydrogen (secondary N) is 2. The van der Waals surface area contributed by atoms with E-state index in [2.05, 4.69) is 36.0 Å². The van der Waals surface area contributed by atoms with Crippen molar-refractivity contribution in [3.8, 4) is 5.75 Å². The Balaban J connectivity index is 2.01. The molecule has 0 aromatic heterocycles. The number of rotatable bonds is 5. The van der Waals surface area contributed by atoms with Crippen LogP contribution in [0.15, 0.2) is 42.1 Å². The molecule has 126 valence electrons. The van der Waals surface area contributed by atoms with Gasteiger partial charge in [-0.3, -0.25) is 10.2 Å². The fraction of sp³-hybridized carbons (Fsp3) is 0.350. The summed E-state index contributed by atoms with van der Waals surface area (Å²) in [7, 11) is 0. The lowest BCUT2D eigenvalue weighted by molar-refractivity contribution is -0.125. The van der Waals surface area contributed by atoms with Gasteiger partial charge in [-0.25, -0.2) is 0 Å². The Morgan fingerprint density at radius 3 is 2.54 bits per heavy atom. The van der Waals surface area contributed by atoms with Crippen LogP contribution in [0.3, 0.4) is 0 Å². The van der Waals surface area contributed by atoms with Crippen LogP contribution in [0.25, 0.3) is 16.8 Å². The van der Waals surface area contributed by atoms with Gasteiger partial charge in [-0.15, -0.1) is 0 Å². The van der Waals surface area contributed by atoms with Gasteiger partial charge in [-0.1, -0.05) is 43.7 Å². The van der Waals surface area contributed by atoms with Gasteiger partial charge in [0.2, 0.25) is 5.91 Å². The highest BCUT2D eigenvalue weighted by atomic mass is 16.5. The molecule has 4 nitrogen and oxygen atoms in total. The molecular formula is C20H24N2O2. The van der Waals surface area contributed by atoms with Crippen LogP contribution in [0.1, 0.15) is 39.2 Å². The fourth-order valence-corrected chi connectivity index (χ4v) is 2.81. The number of unbranched alkanes of at least 4 members (excludes halogenated alkanes) is 1. The minimum atomic E-state index is -0.558. The molecule has 0 aliphatic carbocycles. The first-order valence-electron chi connectivity index (χ1n) is 8.47. The standard InChI is InChI=1S/C20H24N2O2/c1-4-5-12-24-17-11-7-9-15-14(8-6-10-16(15)17)13-18-20(2,3)19(23)22-21-18/h6-11,13,21H,4-5,12H2,1-3H3,(H,22,23)/b18-13-. The molecule has 0 spiro atoms. The van der Waals surface area contributed by atoms with Crippen LogP contribution >= 0.6 is 0 Å². The van der Waals surface area contributed by atoms with Crippen molar-refractivity contribution in [2.24, 2.45) is 5.41 Å². The topological polar surface area (TPSA) is 50.4 Å². The maximum atomic E-state index is 11.9.